The van der Waals surface area contributed by atoms with E-state index in [1.54, 1.807) is 0 Å². The number of carbonyl (C=O) groups excluding carboxylic acids is 2. The van der Waals surface area contributed by atoms with Gasteiger partial charge in [-0.05, 0) is 67.9 Å². The second-order valence-corrected chi connectivity index (χ2v) is 12.6. The molecule has 1 amide bonds. The number of piperidine rings is 1. The van der Waals surface area contributed by atoms with Crippen LogP contribution in [0.25, 0.3) is 0 Å². The molecule has 6 nitrogen and oxygen atoms in total. The Hall–Kier alpha value is -3.56. The van der Waals surface area contributed by atoms with Crippen LogP contribution in [0.2, 0.25) is 0 Å². The summed E-state index contributed by atoms with van der Waals surface area (Å²) >= 11 is 0. The number of carbonyl (C=O) groups is 2. The van der Waals surface area contributed by atoms with Crippen molar-refractivity contribution in [1.82, 2.24) is 9.80 Å². The maximum atomic E-state index is 13.9. The minimum atomic E-state index is -0.735. The van der Waals surface area contributed by atoms with Crippen molar-refractivity contribution in [3.05, 3.63) is 77.4 Å². The monoisotopic (exact) mass is 552 g/mol. The van der Waals surface area contributed by atoms with Gasteiger partial charge in [0, 0.05) is 43.6 Å². The first kappa shape index (κ1) is 27.6. The van der Waals surface area contributed by atoms with Crippen LogP contribution in [0.3, 0.4) is 0 Å². The largest absolute Gasteiger partial charge is 0.487 e. The molecular formula is C35H40N2O4. The van der Waals surface area contributed by atoms with E-state index in [9.17, 15) is 9.59 Å². The molecule has 5 atom stereocenters. The molecule has 41 heavy (non-hydrogen) atoms. The van der Waals surface area contributed by atoms with Crippen LogP contribution in [-0.4, -0.2) is 65.1 Å². The summed E-state index contributed by atoms with van der Waals surface area (Å²) in [5.41, 5.74) is 3.12. The highest BCUT2D eigenvalue weighted by Crippen LogP contribution is 2.65. The molecule has 2 aromatic rings. The Balaban J connectivity index is 1.46. The number of rotatable bonds is 6. The van der Waals surface area contributed by atoms with E-state index in [-0.39, 0.29) is 36.0 Å². The van der Waals surface area contributed by atoms with E-state index in [0.717, 1.165) is 42.8 Å². The first-order valence-corrected chi connectivity index (χ1v) is 14.9. The third-order valence-electron chi connectivity index (χ3n) is 9.64. The number of hydrogen-bond acceptors (Lipinski definition) is 5. The average Bonchev–Trinajstić information content (AvgIpc) is 3.27. The quantitative estimate of drug-likeness (QED) is 0.293. The van der Waals surface area contributed by atoms with Gasteiger partial charge in [-0.15, -0.1) is 6.58 Å². The van der Waals surface area contributed by atoms with Crippen molar-refractivity contribution in [2.45, 2.75) is 82.6 Å². The number of hydrogen-bond donors (Lipinski definition) is 0. The van der Waals surface area contributed by atoms with Crippen LogP contribution in [0.15, 0.2) is 55.1 Å². The fourth-order valence-corrected chi connectivity index (χ4v) is 8.40. The van der Waals surface area contributed by atoms with Crippen LogP contribution in [0.5, 0.6) is 5.75 Å². The summed E-state index contributed by atoms with van der Waals surface area (Å²) in [5, 5.41) is 0. The number of ether oxygens (including phenoxy) is 2. The second-order valence-electron chi connectivity index (χ2n) is 12.6. The van der Waals surface area contributed by atoms with E-state index in [0.29, 0.717) is 19.4 Å². The summed E-state index contributed by atoms with van der Waals surface area (Å²) in [7, 11) is 0. The number of nitrogens with zero attached hydrogens (tertiary/aromatic N) is 2. The van der Waals surface area contributed by atoms with E-state index >= 15 is 0 Å². The molecule has 1 saturated heterocycles. The van der Waals surface area contributed by atoms with Crippen molar-refractivity contribution in [3.8, 4) is 17.6 Å². The highest BCUT2D eigenvalue weighted by molar-refractivity contribution is 5.94. The lowest BCUT2D eigenvalue weighted by molar-refractivity contribution is -0.223. The predicted molar refractivity (Wildman–Crippen MR) is 159 cm³/mol. The molecule has 0 radical (unpaired) electrons. The number of amides is 1. The Bertz CT molecular complexity index is 1450. The molecule has 0 unspecified atom stereocenters. The SMILES string of the molecule is C=CCN1CC[C@]23c4c5cccc4O[C@H]2[C@H](N(CC(C)C)C(=O)C#Cc2cccc(C)c2)CC[C@@]3(OC(C)=O)[C@H]1C5. The number of esters is 1. The average molecular weight is 553 g/mol. The predicted octanol–water partition coefficient (Wildman–Crippen LogP) is 4.81. The second kappa shape index (κ2) is 10.4. The summed E-state index contributed by atoms with van der Waals surface area (Å²) < 4.78 is 13.4. The summed E-state index contributed by atoms with van der Waals surface area (Å²) in [5.74, 6) is 6.75. The van der Waals surface area contributed by atoms with E-state index in [4.69, 9.17) is 9.47 Å². The topological polar surface area (TPSA) is 59.1 Å². The summed E-state index contributed by atoms with van der Waals surface area (Å²) in [6.45, 7) is 14.0. The van der Waals surface area contributed by atoms with E-state index < -0.39 is 11.0 Å². The van der Waals surface area contributed by atoms with Crippen LogP contribution in [0, 0.1) is 24.7 Å². The number of aryl methyl sites for hydroxylation is 1. The molecule has 1 spiro atoms. The molecule has 214 valence electrons. The van der Waals surface area contributed by atoms with Gasteiger partial charge in [-0.3, -0.25) is 14.5 Å². The minimum Gasteiger partial charge on any atom is -0.487 e. The highest BCUT2D eigenvalue weighted by atomic mass is 16.6. The Labute approximate surface area is 243 Å². The van der Waals surface area contributed by atoms with Gasteiger partial charge in [0.1, 0.15) is 17.5 Å². The van der Waals surface area contributed by atoms with E-state index in [1.165, 1.54) is 18.1 Å². The normalized spacial score (nSPS) is 29.0. The van der Waals surface area contributed by atoms with Crippen molar-refractivity contribution < 1.29 is 19.1 Å². The van der Waals surface area contributed by atoms with Crippen LogP contribution < -0.4 is 4.74 Å². The third kappa shape index (κ3) is 4.28. The smallest absolute Gasteiger partial charge is 0.303 e. The van der Waals surface area contributed by atoms with Gasteiger partial charge in [-0.1, -0.05) is 50.1 Å². The van der Waals surface area contributed by atoms with Crippen LogP contribution in [0.1, 0.15) is 62.3 Å². The van der Waals surface area contributed by atoms with Gasteiger partial charge in [-0.2, -0.15) is 0 Å². The minimum absolute atomic E-state index is 0.0152. The van der Waals surface area contributed by atoms with Gasteiger partial charge in [0.2, 0.25) is 0 Å². The Morgan fingerprint density at radius 3 is 2.78 bits per heavy atom. The summed E-state index contributed by atoms with van der Waals surface area (Å²) in [4.78, 5) is 31.1. The van der Waals surface area contributed by atoms with Crippen LogP contribution in [-0.2, 0) is 26.2 Å². The third-order valence-corrected chi connectivity index (χ3v) is 9.64. The maximum absolute atomic E-state index is 13.9. The zero-order valence-electron chi connectivity index (χ0n) is 24.6. The summed E-state index contributed by atoms with van der Waals surface area (Å²) in [6, 6.07) is 14.1. The lowest BCUT2D eigenvalue weighted by atomic mass is 9.48. The molecular weight excluding hydrogens is 512 g/mol. The van der Waals surface area contributed by atoms with Gasteiger partial charge >= 0.3 is 5.97 Å². The molecule has 0 aromatic heterocycles. The van der Waals surface area contributed by atoms with Gasteiger partial charge in [-0.25, -0.2) is 0 Å². The van der Waals surface area contributed by atoms with Crippen molar-refractivity contribution in [2.75, 3.05) is 19.6 Å². The molecule has 0 N–H and O–H groups in total. The standard InChI is InChI=1S/C35H40N2O4/c1-6-18-36-19-17-34-32-27-11-8-12-29(32)40-33(34)28(15-16-35(34,30(36)21-27)41-25(5)38)37(22-23(2)3)31(39)14-13-26-10-7-9-24(4)20-26/h6-12,20,23,28,30,33H,1,15-19,21-22H2,2-5H3/t28-,30-,33+,34+,35-/m1/s1. The molecule has 6 heteroatoms. The Morgan fingerprint density at radius 1 is 1.24 bits per heavy atom. The van der Waals surface area contributed by atoms with Gasteiger partial charge in [0.05, 0.1) is 17.5 Å². The molecule has 2 aliphatic heterocycles. The first-order chi connectivity index (χ1) is 19.7. The summed E-state index contributed by atoms with van der Waals surface area (Å²) in [6.07, 6.45) is 4.53. The van der Waals surface area contributed by atoms with Crippen molar-refractivity contribution in [2.24, 2.45) is 5.92 Å². The Morgan fingerprint density at radius 2 is 2.05 bits per heavy atom. The van der Waals surface area contributed by atoms with Crippen LogP contribution >= 0.6 is 0 Å². The van der Waals surface area contributed by atoms with Crippen molar-refractivity contribution in [3.63, 3.8) is 0 Å². The molecule has 2 aliphatic carbocycles. The zero-order chi connectivity index (χ0) is 28.9. The molecule has 1 saturated carbocycles. The van der Waals surface area contributed by atoms with Crippen molar-refractivity contribution >= 4 is 11.9 Å². The fourth-order valence-electron chi connectivity index (χ4n) is 8.40. The molecule has 4 aliphatic rings. The first-order valence-electron chi connectivity index (χ1n) is 14.9. The fraction of sp³-hybridized carbons (Fsp3) is 0.486. The molecule has 2 fully saturated rings. The molecule has 2 bridgehead atoms. The Kier molecular flexibility index (Phi) is 6.98. The van der Waals surface area contributed by atoms with Crippen LogP contribution in [0.4, 0.5) is 0 Å². The zero-order valence-corrected chi connectivity index (χ0v) is 24.6. The van der Waals surface area contributed by atoms with E-state index in [2.05, 4.69) is 49.3 Å². The molecule has 2 heterocycles. The van der Waals surface area contributed by atoms with Gasteiger partial charge in [0.25, 0.3) is 5.91 Å². The van der Waals surface area contributed by atoms with Gasteiger partial charge in [0.15, 0.2) is 0 Å². The maximum Gasteiger partial charge on any atom is 0.303 e. The number of benzene rings is 2. The van der Waals surface area contributed by atoms with E-state index in [1.807, 2.05) is 48.2 Å². The number of likely N-dealkylation sites (tertiary alicyclic amines) is 1. The highest BCUT2D eigenvalue weighted by Gasteiger charge is 2.75. The molecule has 2 aromatic carbocycles. The van der Waals surface area contributed by atoms with Gasteiger partial charge < -0.3 is 14.4 Å². The lowest BCUT2D eigenvalue weighted by Crippen LogP contribution is -2.79. The van der Waals surface area contributed by atoms with Crippen molar-refractivity contribution in [1.29, 1.82) is 0 Å². The molecule has 6 rings (SSSR count). The lowest BCUT2D eigenvalue weighted by Gasteiger charge is -2.65.